The molecule has 1 aliphatic carbocycles. The molecule has 5 rings (SSSR count). The number of urea groups is 2. The Hall–Kier alpha value is -3.97. The minimum Gasteiger partial charge on any atom is -0.406 e. The van der Waals surface area contributed by atoms with Gasteiger partial charge in [0.15, 0.2) is 5.76 Å². The van der Waals surface area contributed by atoms with E-state index < -0.39 is 11.8 Å². The number of ether oxygens (including phenoxy) is 1. The predicted octanol–water partition coefficient (Wildman–Crippen LogP) is 2.83. The van der Waals surface area contributed by atoms with E-state index in [1.807, 2.05) is 0 Å². The lowest BCUT2D eigenvalue weighted by Gasteiger charge is -2.47. The van der Waals surface area contributed by atoms with E-state index in [0.717, 1.165) is 12.8 Å². The van der Waals surface area contributed by atoms with Crippen LogP contribution in [-0.2, 0) is 11.3 Å². The molecule has 39 heavy (non-hydrogen) atoms. The summed E-state index contributed by atoms with van der Waals surface area (Å²) in [4.78, 5) is 41.4. The lowest BCUT2D eigenvalue weighted by Crippen LogP contribution is -2.61. The van der Waals surface area contributed by atoms with Crippen molar-refractivity contribution >= 4 is 18.0 Å². The molecular formula is C25H29F3N6O5. The third-order valence-corrected chi connectivity index (χ3v) is 7.23. The van der Waals surface area contributed by atoms with Crippen LogP contribution in [0.5, 0.6) is 5.75 Å². The summed E-state index contributed by atoms with van der Waals surface area (Å²) < 4.78 is 46.9. The SMILES string of the molecule is CNC(=O)N1CC(N(C(=O)NCc2cc(-c3cccc(OC(F)(F)F)c3)no2)C2CC2)CC2(CNC(=O)C2)C1. The van der Waals surface area contributed by atoms with E-state index in [-0.39, 0.29) is 42.3 Å². The van der Waals surface area contributed by atoms with Crippen LogP contribution in [0.3, 0.4) is 0 Å². The molecule has 2 unspecified atom stereocenters. The van der Waals surface area contributed by atoms with Crippen LogP contribution in [0.2, 0.25) is 0 Å². The van der Waals surface area contributed by atoms with Gasteiger partial charge in [0.25, 0.3) is 0 Å². The summed E-state index contributed by atoms with van der Waals surface area (Å²) in [6.07, 6.45) is -2.24. The Morgan fingerprint density at radius 3 is 2.74 bits per heavy atom. The number of hydrogen-bond acceptors (Lipinski definition) is 6. The Kier molecular flexibility index (Phi) is 7.03. The number of carbonyl (C=O) groups excluding carboxylic acids is 3. The molecule has 11 nitrogen and oxygen atoms in total. The summed E-state index contributed by atoms with van der Waals surface area (Å²) in [5.41, 5.74) is 0.211. The molecule has 210 valence electrons. The van der Waals surface area contributed by atoms with E-state index in [0.29, 0.717) is 49.5 Å². The first-order chi connectivity index (χ1) is 18.5. The Morgan fingerprint density at radius 2 is 2.08 bits per heavy atom. The fourth-order valence-corrected chi connectivity index (χ4v) is 5.48. The smallest absolute Gasteiger partial charge is 0.406 e. The number of benzene rings is 1. The standard InChI is InChI=1S/C25H29F3N6O5/c1-29-22(36)33-12-17(9-24(14-33)10-21(35)31-13-24)34(16-5-6-16)23(37)30-11-19-8-20(32-39-19)15-3-2-4-18(7-15)38-25(26,27)28/h2-4,7-8,16-17H,5-6,9-14H2,1H3,(H,29,36)(H,30,37)(H,31,35). The van der Waals surface area contributed by atoms with Gasteiger partial charge in [-0.2, -0.15) is 0 Å². The van der Waals surface area contributed by atoms with Gasteiger partial charge in [-0.3, -0.25) is 4.79 Å². The molecule has 2 aromatic rings. The maximum atomic E-state index is 13.4. The van der Waals surface area contributed by atoms with E-state index in [2.05, 4.69) is 25.8 Å². The normalized spacial score (nSPS) is 22.9. The Balaban J connectivity index is 1.26. The van der Waals surface area contributed by atoms with Crippen LogP contribution in [0.1, 0.15) is 31.4 Å². The number of amides is 5. The zero-order valence-corrected chi connectivity index (χ0v) is 21.2. The van der Waals surface area contributed by atoms with E-state index >= 15 is 0 Å². The highest BCUT2D eigenvalue weighted by Crippen LogP contribution is 2.40. The van der Waals surface area contributed by atoms with Gasteiger partial charge in [0, 0.05) is 56.2 Å². The topological polar surface area (TPSA) is 129 Å². The van der Waals surface area contributed by atoms with Crippen molar-refractivity contribution in [3.63, 3.8) is 0 Å². The zero-order valence-electron chi connectivity index (χ0n) is 21.2. The second-order valence-electron chi connectivity index (χ2n) is 10.3. The largest absolute Gasteiger partial charge is 0.573 e. The Bertz CT molecular complexity index is 1250. The maximum absolute atomic E-state index is 13.4. The van der Waals surface area contributed by atoms with Gasteiger partial charge in [0.05, 0.1) is 12.6 Å². The molecule has 0 bridgehead atoms. The number of nitrogens with zero attached hydrogens (tertiary/aromatic N) is 3. The van der Waals surface area contributed by atoms with Crippen LogP contribution in [0, 0.1) is 5.41 Å². The Morgan fingerprint density at radius 1 is 1.28 bits per heavy atom. The lowest BCUT2D eigenvalue weighted by atomic mass is 9.76. The summed E-state index contributed by atoms with van der Waals surface area (Å²) in [6.45, 7) is 1.23. The van der Waals surface area contributed by atoms with Crippen molar-refractivity contribution in [1.82, 2.24) is 30.9 Å². The number of carbonyl (C=O) groups is 3. The van der Waals surface area contributed by atoms with E-state index in [1.54, 1.807) is 22.9 Å². The summed E-state index contributed by atoms with van der Waals surface area (Å²) in [6, 6.07) is 6.06. The van der Waals surface area contributed by atoms with Crippen molar-refractivity contribution in [2.45, 2.75) is 50.7 Å². The molecule has 1 saturated carbocycles. The van der Waals surface area contributed by atoms with Gasteiger partial charge in [-0.05, 0) is 31.4 Å². The molecule has 3 heterocycles. The lowest BCUT2D eigenvalue weighted by molar-refractivity contribution is -0.274. The third-order valence-electron chi connectivity index (χ3n) is 7.23. The van der Waals surface area contributed by atoms with Gasteiger partial charge in [-0.25, -0.2) is 9.59 Å². The molecule has 1 spiro atoms. The van der Waals surface area contributed by atoms with E-state index in [9.17, 15) is 27.6 Å². The predicted molar refractivity (Wildman–Crippen MR) is 130 cm³/mol. The average molecular weight is 551 g/mol. The second kappa shape index (κ2) is 10.3. The first-order valence-electron chi connectivity index (χ1n) is 12.7. The van der Waals surface area contributed by atoms with Crippen LogP contribution in [0.15, 0.2) is 34.9 Å². The monoisotopic (exact) mass is 550 g/mol. The average Bonchev–Trinajstić information content (AvgIpc) is 3.48. The van der Waals surface area contributed by atoms with Crippen molar-refractivity contribution in [3.8, 4) is 17.0 Å². The first-order valence-corrected chi connectivity index (χ1v) is 12.7. The minimum atomic E-state index is -4.82. The van der Waals surface area contributed by atoms with Crippen molar-refractivity contribution in [3.05, 3.63) is 36.1 Å². The first kappa shape index (κ1) is 26.6. The van der Waals surface area contributed by atoms with Gasteiger partial charge in [0.1, 0.15) is 11.4 Å². The minimum absolute atomic E-state index is 0.00482. The number of nitrogens with one attached hydrogen (secondary N) is 3. The van der Waals surface area contributed by atoms with Gasteiger partial charge in [0.2, 0.25) is 5.91 Å². The molecule has 14 heteroatoms. The highest BCUT2D eigenvalue weighted by Gasteiger charge is 2.50. The summed E-state index contributed by atoms with van der Waals surface area (Å²) in [5, 5.41) is 12.3. The van der Waals surface area contributed by atoms with Crippen molar-refractivity contribution in [2.75, 3.05) is 26.7 Å². The van der Waals surface area contributed by atoms with Crippen molar-refractivity contribution in [2.24, 2.45) is 5.41 Å². The van der Waals surface area contributed by atoms with Gasteiger partial charge in [-0.15, -0.1) is 13.2 Å². The van der Waals surface area contributed by atoms with E-state index in [1.165, 1.54) is 24.3 Å². The summed E-state index contributed by atoms with van der Waals surface area (Å²) in [5.74, 6) is -0.131. The number of aromatic nitrogens is 1. The highest BCUT2D eigenvalue weighted by molar-refractivity contribution is 5.80. The van der Waals surface area contributed by atoms with Gasteiger partial charge in [-0.1, -0.05) is 17.3 Å². The number of alkyl halides is 3. The summed E-state index contributed by atoms with van der Waals surface area (Å²) in [7, 11) is 1.55. The number of halogens is 3. The molecule has 2 aliphatic heterocycles. The van der Waals surface area contributed by atoms with Crippen LogP contribution in [-0.4, -0.2) is 78.1 Å². The molecule has 1 aromatic carbocycles. The molecule has 5 amide bonds. The number of piperidine rings is 1. The second-order valence-corrected chi connectivity index (χ2v) is 10.3. The fourth-order valence-electron chi connectivity index (χ4n) is 5.48. The molecule has 3 N–H and O–H groups in total. The zero-order chi connectivity index (χ0) is 27.8. The Labute approximate surface area is 222 Å². The number of likely N-dealkylation sites (tertiary alicyclic amines) is 1. The van der Waals surface area contributed by atoms with Gasteiger partial charge < -0.3 is 35.0 Å². The molecule has 2 atom stereocenters. The molecule has 1 aromatic heterocycles. The highest BCUT2D eigenvalue weighted by atomic mass is 19.4. The molecule has 3 fully saturated rings. The molecule has 2 saturated heterocycles. The quantitative estimate of drug-likeness (QED) is 0.508. The molecule has 0 radical (unpaired) electrons. The van der Waals surface area contributed by atoms with Crippen LogP contribution in [0.25, 0.3) is 11.3 Å². The number of rotatable bonds is 6. The maximum Gasteiger partial charge on any atom is 0.573 e. The van der Waals surface area contributed by atoms with Crippen molar-refractivity contribution < 1.29 is 36.8 Å². The van der Waals surface area contributed by atoms with Crippen LogP contribution < -0.4 is 20.7 Å². The summed E-state index contributed by atoms with van der Waals surface area (Å²) >= 11 is 0. The fraction of sp³-hybridized carbons (Fsp3) is 0.520. The van der Waals surface area contributed by atoms with Gasteiger partial charge >= 0.3 is 18.4 Å². The number of hydrogen-bond donors (Lipinski definition) is 3. The van der Waals surface area contributed by atoms with Crippen LogP contribution >= 0.6 is 0 Å². The van der Waals surface area contributed by atoms with E-state index in [4.69, 9.17) is 4.52 Å². The third kappa shape index (κ3) is 6.20. The van der Waals surface area contributed by atoms with Crippen molar-refractivity contribution in [1.29, 1.82) is 0 Å². The van der Waals surface area contributed by atoms with Crippen LogP contribution in [0.4, 0.5) is 22.8 Å². The molecule has 3 aliphatic rings. The molecular weight excluding hydrogens is 521 g/mol.